The summed E-state index contributed by atoms with van der Waals surface area (Å²) in [6, 6.07) is 0.508. The quantitative estimate of drug-likeness (QED) is 0.643. The Hall–Kier alpha value is -0.410. The molecule has 2 atom stereocenters. The summed E-state index contributed by atoms with van der Waals surface area (Å²) in [5.41, 5.74) is 5.89. The standard InChI is InChI=1S/C10H18N2O/c11-8-3-2-6-12(7-8)9-4-1-5-10(9)13/h8-9H,1-7,11H2. The molecule has 1 aliphatic carbocycles. The average Bonchev–Trinajstić information content (AvgIpc) is 2.51. The highest BCUT2D eigenvalue weighted by atomic mass is 16.1. The molecule has 0 aromatic heterocycles. The van der Waals surface area contributed by atoms with E-state index in [1.54, 1.807) is 0 Å². The Morgan fingerprint density at radius 2 is 2.15 bits per heavy atom. The van der Waals surface area contributed by atoms with Gasteiger partial charge >= 0.3 is 0 Å². The van der Waals surface area contributed by atoms with Crippen LogP contribution in [0.1, 0.15) is 32.1 Å². The smallest absolute Gasteiger partial charge is 0.149 e. The Balaban J connectivity index is 1.95. The second-order valence-corrected chi connectivity index (χ2v) is 4.27. The summed E-state index contributed by atoms with van der Waals surface area (Å²) in [5, 5.41) is 0. The zero-order chi connectivity index (χ0) is 9.26. The first kappa shape index (κ1) is 9.16. The van der Waals surface area contributed by atoms with Gasteiger partial charge in [0.25, 0.3) is 0 Å². The van der Waals surface area contributed by atoms with Crippen molar-refractivity contribution >= 4 is 5.78 Å². The van der Waals surface area contributed by atoms with Crippen LogP contribution in [-0.2, 0) is 4.79 Å². The number of rotatable bonds is 1. The molecule has 0 spiro atoms. The molecule has 3 nitrogen and oxygen atoms in total. The van der Waals surface area contributed by atoms with Gasteiger partial charge in [0.2, 0.25) is 0 Å². The molecule has 2 rings (SSSR count). The topological polar surface area (TPSA) is 46.3 Å². The third-order valence-electron chi connectivity index (χ3n) is 3.20. The van der Waals surface area contributed by atoms with Gasteiger partial charge in [0.05, 0.1) is 6.04 Å². The number of ketones is 1. The molecule has 74 valence electrons. The van der Waals surface area contributed by atoms with E-state index in [0.29, 0.717) is 11.8 Å². The highest BCUT2D eigenvalue weighted by Crippen LogP contribution is 2.23. The Bertz CT molecular complexity index is 205. The van der Waals surface area contributed by atoms with E-state index in [1.165, 1.54) is 0 Å². The second-order valence-electron chi connectivity index (χ2n) is 4.27. The molecule has 2 N–H and O–H groups in total. The van der Waals surface area contributed by atoms with Gasteiger partial charge < -0.3 is 5.73 Å². The number of piperidine rings is 1. The Morgan fingerprint density at radius 3 is 2.77 bits per heavy atom. The zero-order valence-electron chi connectivity index (χ0n) is 8.04. The Kier molecular flexibility index (Phi) is 2.65. The van der Waals surface area contributed by atoms with Crippen LogP contribution in [0.4, 0.5) is 0 Å². The molecule has 1 saturated carbocycles. The van der Waals surface area contributed by atoms with Crippen LogP contribution in [0.25, 0.3) is 0 Å². The van der Waals surface area contributed by atoms with Gasteiger partial charge in [-0.3, -0.25) is 9.69 Å². The van der Waals surface area contributed by atoms with Crippen LogP contribution < -0.4 is 5.73 Å². The van der Waals surface area contributed by atoms with Crippen molar-refractivity contribution in [2.45, 2.75) is 44.2 Å². The van der Waals surface area contributed by atoms with E-state index < -0.39 is 0 Å². The number of Topliss-reactive ketones (excluding diaryl/α,β-unsaturated/α-hetero) is 1. The summed E-state index contributed by atoms with van der Waals surface area (Å²) in [6.45, 7) is 2.00. The predicted molar refractivity (Wildman–Crippen MR) is 51.4 cm³/mol. The molecule has 13 heavy (non-hydrogen) atoms. The van der Waals surface area contributed by atoms with Crippen LogP contribution in [0, 0.1) is 0 Å². The fourth-order valence-electron chi connectivity index (χ4n) is 2.51. The lowest BCUT2D eigenvalue weighted by Crippen LogP contribution is -2.49. The molecular formula is C10H18N2O. The third-order valence-corrected chi connectivity index (χ3v) is 3.20. The summed E-state index contributed by atoms with van der Waals surface area (Å²) in [5.74, 6) is 0.439. The SMILES string of the molecule is NC1CCCN(C2CCCC2=O)C1. The fourth-order valence-corrected chi connectivity index (χ4v) is 2.51. The van der Waals surface area contributed by atoms with Crippen LogP contribution >= 0.6 is 0 Å². The monoisotopic (exact) mass is 182 g/mol. The minimum absolute atomic E-state index is 0.214. The van der Waals surface area contributed by atoms with E-state index in [2.05, 4.69) is 4.90 Å². The average molecular weight is 182 g/mol. The lowest BCUT2D eigenvalue weighted by Gasteiger charge is -2.34. The first-order chi connectivity index (χ1) is 6.27. The van der Waals surface area contributed by atoms with E-state index in [4.69, 9.17) is 5.73 Å². The molecule has 2 aliphatic rings. The third kappa shape index (κ3) is 1.92. The maximum Gasteiger partial charge on any atom is 0.149 e. The lowest BCUT2D eigenvalue weighted by molar-refractivity contribution is -0.122. The largest absolute Gasteiger partial charge is 0.327 e. The molecule has 0 aromatic carbocycles. The second kappa shape index (κ2) is 3.76. The van der Waals surface area contributed by atoms with Crippen molar-refractivity contribution in [3.8, 4) is 0 Å². The number of nitrogens with zero attached hydrogens (tertiary/aromatic N) is 1. The van der Waals surface area contributed by atoms with Gasteiger partial charge in [-0.05, 0) is 32.2 Å². The minimum Gasteiger partial charge on any atom is -0.327 e. The van der Waals surface area contributed by atoms with Crippen molar-refractivity contribution in [1.29, 1.82) is 0 Å². The maximum atomic E-state index is 11.5. The normalized spacial score (nSPS) is 36.8. The summed E-state index contributed by atoms with van der Waals surface area (Å²) in [6.07, 6.45) is 5.21. The maximum absolute atomic E-state index is 11.5. The van der Waals surface area contributed by atoms with Crippen molar-refractivity contribution in [2.75, 3.05) is 13.1 Å². The van der Waals surface area contributed by atoms with E-state index >= 15 is 0 Å². The number of carbonyl (C=O) groups excluding carboxylic acids is 1. The van der Waals surface area contributed by atoms with Gasteiger partial charge in [-0.15, -0.1) is 0 Å². The number of hydrogen-bond acceptors (Lipinski definition) is 3. The van der Waals surface area contributed by atoms with Crippen molar-refractivity contribution in [2.24, 2.45) is 5.73 Å². The van der Waals surface area contributed by atoms with E-state index in [9.17, 15) is 4.79 Å². The molecule has 1 heterocycles. The van der Waals surface area contributed by atoms with Crippen LogP contribution in [0.15, 0.2) is 0 Å². The summed E-state index contributed by atoms with van der Waals surface area (Å²) < 4.78 is 0. The summed E-state index contributed by atoms with van der Waals surface area (Å²) >= 11 is 0. The first-order valence-electron chi connectivity index (χ1n) is 5.30. The van der Waals surface area contributed by atoms with Gasteiger partial charge in [-0.2, -0.15) is 0 Å². The van der Waals surface area contributed by atoms with Crippen LogP contribution in [0.2, 0.25) is 0 Å². The van der Waals surface area contributed by atoms with Gasteiger partial charge in [0.15, 0.2) is 0 Å². The molecule has 2 fully saturated rings. The molecular weight excluding hydrogens is 164 g/mol. The van der Waals surface area contributed by atoms with Crippen molar-refractivity contribution in [1.82, 2.24) is 4.90 Å². The van der Waals surface area contributed by atoms with E-state index in [0.717, 1.165) is 45.2 Å². The van der Waals surface area contributed by atoms with Crippen LogP contribution in [0.5, 0.6) is 0 Å². The molecule has 0 amide bonds. The van der Waals surface area contributed by atoms with Gasteiger partial charge in [-0.25, -0.2) is 0 Å². The molecule has 0 aromatic rings. The molecule has 0 bridgehead atoms. The molecule has 2 unspecified atom stereocenters. The number of hydrogen-bond donors (Lipinski definition) is 1. The number of likely N-dealkylation sites (tertiary alicyclic amines) is 1. The highest BCUT2D eigenvalue weighted by Gasteiger charge is 2.32. The van der Waals surface area contributed by atoms with Gasteiger partial charge in [-0.1, -0.05) is 0 Å². The van der Waals surface area contributed by atoms with E-state index in [1.807, 2.05) is 0 Å². The van der Waals surface area contributed by atoms with Crippen LogP contribution in [0.3, 0.4) is 0 Å². The Morgan fingerprint density at radius 1 is 1.31 bits per heavy atom. The predicted octanol–water partition coefficient (Wildman–Crippen LogP) is 0.531. The molecule has 1 aliphatic heterocycles. The highest BCUT2D eigenvalue weighted by molar-refractivity contribution is 5.85. The number of carbonyl (C=O) groups is 1. The first-order valence-corrected chi connectivity index (χ1v) is 5.30. The van der Waals surface area contributed by atoms with Gasteiger partial charge in [0, 0.05) is 19.0 Å². The van der Waals surface area contributed by atoms with Crippen LogP contribution in [-0.4, -0.2) is 35.9 Å². The van der Waals surface area contributed by atoms with Crippen molar-refractivity contribution in [3.63, 3.8) is 0 Å². The summed E-state index contributed by atoms with van der Waals surface area (Å²) in [4.78, 5) is 13.8. The fraction of sp³-hybridized carbons (Fsp3) is 0.900. The van der Waals surface area contributed by atoms with Gasteiger partial charge in [0.1, 0.15) is 5.78 Å². The van der Waals surface area contributed by atoms with E-state index in [-0.39, 0.29) is 6.04 Å². The van der Waals surface area contributed by atoms with Crippen molar-refractivity contribution < 1.29 is 4.79 Å². The molecule has 0 radical (unpaired) electrons. The summed E-state index contributed by atoms with van der Waals surface area (Å²) in [7, 11) is 0. The lowest BCUT2D eigenvalue weighted by atomic mass is 10.0. The minimum atomic E-state index is 0.214. The Labute approximate surface area is 79.3 Å². The van der Waals surface area contributed by atoms with Crippen molar-refractivity contribution in [3.05, 3.63) is 0 Å². The zero-order valence-corrected chi connectivity index (χ0v) is 8.04. The molecule has 1 saturated heterocycles. The number of nitrogens with two attached hydrogens (primary N) is 1. The molecule has 3 heteroatoms.